The lowest BCUT2D eigenvalue weighted by molar-refractivity contribution is -0.909. The van der Waals surface area contributed by atoms with Crippen molar-refractivity contribution in [3.8, 4) is 5.75 Å². The standard InChI is InChI=1S/C21H33NO2/c1-17-11-13-22(14-12-17)15-20(23)16-24-21-9-7-19(8-10-21)18-5-3-2-4-6-18/h7-10,17-18,20,23H,2-6,11-16H2,1H3/p+1. The highest BCUT2D eigenvalue weighted by Gasteiger charge is 2.22. The molecule has 24 heavy (non-hydrogen) atoms. The van der Waals surface area contributed by atoms with Crippen LogP contribution < -0.4 is 9.64 Å². The number of hydrogen-bond donors (Lipinski definition) is 2. The number of aliphatic hydroxyl groups excluding tert-OH is 1. The molecule has 2 aliphatic rings. The van der Waals surface area contributed by atoms with Crippen molar-refractivity contribution in [1.82, 2.24) is 0 Å². The maximum atomic E-state index is 10.2. The number of benzene rings is 1. The second kappa shape index (κ2) is 8.87. The van der Waals surface area contributed by atoms with Crippen molar-refractivity contribution in [3.63, 3.8) is 0 Å². The summed E-state index contributed by atoms with van der Waals surface area (Å²) in [6, 6.07) is 8.59. The highest BCUT2D eigenvalue weighted by atomic mass is 16.5. The van der Waals surface area contributed by atoms with Crippen LogP contribution in [0, 0.1) is 5.92 Å². The molecular formula is C21H34NO2+. The molecule has 2 N–H and O–H groups in total. The first-order valence-corrected chi connectivity index (χ1v) is 9.95. The van der Waals surface area contributed by atoms with Gasteiger partial charge >= 0.3 is 0 Å². The summed E-state index contributed by atoms with van der Waals surface area (Å²) in [5, 5.41) is 10.2. The van der Waals surface area contributed by atoms with Gasteiger partial charge in [0.15, 0.2) is 0 Å². The topological polar surface area (TPSA) is 33.9 Å². The van der Waals surface area contributed by atoms with Crippen LogP contribution >= 0.6 is 0 Å². The van der Waals surface area contributed by atoms with E-state index in [1.54, 1.807) is 0 Å². The highest BCUT2D eigenvalue weighted by Crippen LogP contribution is 2.33. The second-order valence-corrected chi connectivity index (χ2v) is 8.01. The lowest BCUT2D eigenvalue weighted by Crippen LogP contribution is -3.14. The van der Waals surface area contributed by atoms with E-state index in [9.17, 15) is 5.11 Å². The van der Waals surface area contributed by atoms with Crippen molar-refractivity contribution in [2.75, 3.05) is 26.2 Å². The van der Waals surface area contributed by atoms with Crippen molar-refractivity contribution in [1.29, 1.82) is 0 Å². The second-order valence-electron chi connectivity index (χ2n) is 8.01. The average molecular weight is 333 g/mol. The van der Waals surface area contributed by atoms with Gasteiger partial charge in [-0.1, -0.05) is 38.3 Å². The fraction of sp³-hybridized carbons (Fsp3) is 0.714. The van der Waals surface area contributed by atoms with E-state index < -0.39 is 0 Å². The summed E-state index contributed by atoms with van der Waals surface area (Å²) in [5.74, 6) is 2.48. The molecular weight excluding hydrogens is 298 g/mol. The third-order valence-corrected chi connectivity index (χ3v) is 5.90. The number of quaternary nitrogens is 1. The fourth-order valence-electron chi connectivity index (χ4n) is 4.23. The van der Waals surface area contributed by atoms with Crippen LogP contribution in [0.2, 0.25) is 0 Å². The lowest BCUT2D eigenvalue weighted by Gasteiger charge is -2.28. The monoisotopic (exact) mass is 332 g/mol. The number of ether oxygens (including phenoxy) is 1. The van der Waals surface area contributed by atoms with Crippen molar-refractivity contribution in [2.45, 2.75) is 63.9 Å². The summed E-state index contributed by atoms with van der Waals surface area (Å²) in [6.07, 6.45) is 8.99. The molecule has 2 fully saturated rings. The average Bonchev–Trinajstić information content (AvgIpc) is 2.63. The minimum Gasteiger partial charge on any atom is -0.491 e. The largest absolute Gasteiger partial charge is 0.491 e. The molecule has 1 heterocycles. The zero-order valence-electron chi connectivity index (χ0n) is 15.2. The Kier molecular flexibility index (Phi) is 6.56. The van der Waals surface area contributed by atoms with Gasteiger partial charge in [-0.15, -0.1) is 0 Å². The van der Waals surface area contributed by atoms with Crippen LogP contribution in [-0.2, 0) is 0 Å². The number of hydrogen-bond acceptors (Lipinski definition) is 2. The van der Waals surface area contributed by atoms with Crippen LogP contribution in [0.1, 0.15) is 63.4 Å². The summed E-state index contributed by atoms with van der Waals surface area (Å²) in [6.45, 7) is 5.92. The molecule has 1 aliphatic heterocycles. The van der Waals surface area contributed by atoms with Gasteiger partial charge in [0.25, 0.3) is 0 Å². The van der Waals surface area contributed by atoms with Gasteiger partial charge in [-0.25, -0.2) is 0 Å². The van der Waals surface area contributed by atoms with E-state index >= 15 is 0 Å². The molecule has 3 heteroatoms. The van der Waals surface area contributed by atoms with E-state index in [4.69, 9.17) is 4.74 Å². The van der Waals surface area contributed by atoms with Crippen molar-refractivity contribution >= 4 is 0 Å². The Labute approximate surface area is 147 Å². The number of piperidine rings is 1. The minimum atomic E-state index is -0.369. The van der Waals surface area contributed by atoms with Crippen LogP contribution in [0.5, 0.6) is 5.75 Å². The third-order valence-electron chi connectivity index (χ3n) is 5.90. The summed E-state index contributed by atoms with van der Waals surface area (Å²) in [5.41, 5.74) is 1.45. The Morgan fingerprint density at radius 1 is 1.04 bits per heavy atom. The maximum absolute atomic E-state index is 10.2. The summed E-state index contributed by atoms with van der Waals surface area (Å²) in [4.78, 5) is 1.52. The van der Waals surface area contributed by atoms with Crippen LogP contribution in [-0.4, -0.2) is 37.5 Å². The Hall–Kier alpha value is -1.06. The lowest BCUT2D eigenvalue weighted by atomic mass is 9.84. The van der Waals surface area contributed by atoms with Gasteiger partial charge in [-0.3, -0.25) is 0 Å². The van der Waals surface area contributed by atoms with E-state index in [2.05, 4.69) is 31.2 Å². The summed E-state index contributed by atoms with van der Waals surface area (Å²) in [7, 11) is 0. The predicted molar refractivity (Wildman–Crippen MR) is 97.7 cm³/mol. The molecule has 0 spiro atoms. The van der Waals surface area contributed by atoms with Gasteiger partial charge in [0.05, 0.1) is 13.1 Å². The molecule has 0 radical (unpaired) electrons. The Bertz CT molecular complexity index is 473. The summed E-state index contributed by atoms with van der Waals surface area (Å²) >= 11 is 0. The first-order valence-electron chi connectivity index (χ1n) is 9.95. The van der Waals surface area contributed by atoms with E-state index in [0.29, 0.717) is 6.61 Å². The van der Waals surface area contributed by atoms with Gasteiger partial charge in [0.1, 0.15) is 25.0 Å². The molecule has 1 aromatic carbocycles. The van der Waals surface area contributed by atoms with E-state index in [1.807, 2.05) is 0 Å². The molecule has 1 saturated heterocycles. The van der Waals surface area contributed by atoms with E-state index in [-0.39, 0.29) is 6.10 Å². The third kappa shape index (κ3) is 5.22. The molecule has 134 valence electrons. The van der Waals surface area contributed by atoms with Gasteiger partial charge in [-0.2, -0.15) is 0 Å². The molecule has 0 bridgehead atoms. The minimum absolute atomic E-state index is 0.369. The number of rotatable bonds is 6. The first kappa shape index (κ1) is 17.8. The van der Waals surface area contributed by atoms with Gasteiger partial charge < -0.3 is 14.7 Å². The smallest absolute Gasteiger partial charge is 0.137 e. The molecule has 1 atom stereocenters. The van der Waals surface area contributed by atoms with Crippen LogP contribution in [0.15, 0.2) is 24.3 Å². The highest BCUT2D eigenvalue weighted by molar-refractivity contribution is 5.29. The maximum Gasteiger partial charge on any atom is 0.137 e. The molecule has 1 saturated carbocycles. The van der Waals surface area contributed by atoms with Crippen LogP contribution in [0.25, 0.3) is 0 Å². The molecule has 3 rings (SSSR count). The number of aliphatic hydroxyl groups is 1. The van der Waals surface area contributed by atoms with E-state index in [0.717, 1.165) is 24.1 Å². The normalized spacial score (nSPS) is 26.9. The molecule has 0 aromatic heterocycles. The Morgan fingerprint density at radius 3 is 2.38 bits per heavy atom. The van der Waals surface area contributed by atoms with Crippen LogP contribution in [0.4, 0.5) is 0 Å². The first-order chi connectivity index (χ1) is 11.7. The number of nitrogens with one attached hydrogen (secondary N) is 1. The number of likely N-dealkylation sites (tertiary alicyclic amines) is 1. The quantitative estimate of drug-likeness (QED) is 0.840. The molecule has 1 aliphatic carbocycles. The molecule has 3 nitrogen and oxygen atoms in total. The van der Waals surface area contributed by atoms with Crippen molar-refractivity contribution < 1.29 is 14.7 Å². The van der Waals surface area contributed by atoms with Crippen molar-refractivity contribution in [3.05, 3.63) is 29.8 Å². The summed E-state index contributed by atoms with van der Waals surface area (Å²) < 4.78 is 5.81. The Balaban J connectivity index is 1.41. The SMILES string of the molecule is CC1CC[NH+](CC(O)COc2ccc(C3CCCCC3)cc2)CC1. The van der Waals surface area contributed by atoms with Crippen molar-refractivity contribution in [2.24, 2.45) is 5.92 Å². The molecule has 0 amide bonds. The Morgan fingerprint density at radius 2 is 1.71 bits per heavy atom. The van der Waals surface area contributed by atoms with Gasteiger partial charge in [-0.05, 0) is 55.2 Å². The van der Waals surface area contributed by atoms with Crippen LogP contribution in [0.3, 0.4) is 0 Å². The van der Waals surface area contributed by atoms with Gasteiger partial charge in [0.2, 0.25) is 0 Å². The zero-order valence-corrected chi connectivity index (χ0v) is 15.2. The molecule has 1 unspecified atom stereocenters. The predicted octanol–water partition coefficient (Wildman–Crippen LogP) is 2.79. The molecule has 1 aromatic rings. The fourth-order valence-corrected chi connectivity index (χ4v) is 4.23. The zero-order chi connectivity index (χ0) is 16.8. The van der Waals surface area contributed by atoms with E-state index in [1.165, 1.54) is 68.5 Å². The van der Waals surface area contributed by atoms with Gasteiger partial charge in [0, 0.05) is 0 Å².